The molecule has 33 heavy (non-hydrogen) atoms. The minimum Gasteiger partial charge on any atom is -0.497 e. The highest BCUT2D eigenvalue weighted by Gasteiger charge is 2.15. The van der Waals surface area contributed by atoms with E-state index in [1.165, 1.54) is 25.5 Å². The van der Waals surface area contributed by atoms with Gasteiger partial charge in [-0.05, 0) is 72.3 Å². The molecule has 0 unspecified atom stereocenters. The van der Waals surface area contributed by atoms with Crippen LogP contribution in [0, 0.1) is 0 Å². The fourth-order valence-electron chi connectivity index (χ4n) is 2.50. The molecule has 3 aromatic rings. The van der Waals surface area contributed by atoms with Crippen molar-refractivity contribution in [1.29, 1.82) is 0 Å². The van der Waals surface area contributed by atoms with Gasteiger partial charge in [-0.15, -0.1) is 0 Å². The normalized spacial score (nSPS) is 10.5. The second-order valence-corrected chi connectivity index (χ2v) is 7.31. The van der Waals surface area contributed by atoms with Gasteiger partial charge in [0, 0.05) is 5.02 Å². The summed E-state index contributed by atoms with van der Waals surface area (Å²) in [7, 11) is 1.54. The number of nitrogens with zero attached hydrogens (tertiary/aromatic N) is 1. The third-order valence-corrected chi connectivity index (χ3v) is 4.74. The van der Waals surface area contributed by atoms with E-state index in [2.05, 4.69) is 15.8 Å². The molecule has 10 heteroatoms. The van der Waals surface area contributed by atoms with Crippen molar-refractivity contribution in [3.05, 3.63) is 87.9 Å². The molecule has 0 saturated heterocycles. The summed E-state index contributed by atoms with van der Waals surface area (Å²) in [5, 5.41) is 6.67. The highest BCUT2D eigenvalue weighted by molar-refractivity contribution is 6.42. The summed E-state index contributed by atoms with van der Waals surface area (Å²) in [6.45, 7) is 0. The molecular formula is C23H17Cl2N3O5. The first-order valence-corrected chi connectivity index (χ1v) is 10.2. The maximum Gasteiger partial charge on any atom is 0.343 e. The molecule has 2 amide bonds. The molecule has 0 atom stereocenters. The molecule has 0 aromatic heterocycles. The van der Waals surface area contributed by atoms with E-state index in [4.69, 9.17) is 32.7 Å². The van der Waals surface area contributed by atoms with Crippen molar-refractivity contribution in [3.63, 3.8) is 0 Å². The predicted octanol–water partition coefficient (Wildman–Crippen LogP) is 4.31. The van der Waals surface area contributed by atoms with Crippen molar-refractivity contribution in [1.82, 2.24) is 5.43 Å². The highest BCUT2D eigenvalue weighted by atomic mass is 35.5. The number of ether oxygens (including phenoxy) is 2. The summed E-state index contributed by atoms with van der Waals surface area (Å²) in [6.07, 6.45) is 1.33. The third kappa shape index (κ3) is 6.80. The Morgan fingerprint density at radius 2 is 1.55 bits per heavy atom. The lowest BCUT2D eigenvalue weighted by atomic mass is 10.2. The molecule has 0 aliphatic heterocycles. The maximum atomic E-state index is 12.2. The monoisotopic (exact) mass is 485 g/mol. The average molecular weight is 486 g/mol. The number of methoxy groups -OCH3 is 1. The number of benzene rings is 3. The van der Waals surface area contributed by atoms with Gasteiger partial charge in [-0.2, -0.15) is 5.10 Å². The van der Waals surface area contributed by atoms with Gasteiger partial charge in [0.15, 0.2) is 0 Å². The summed E-state index contributed by atoms with van der Waals surface area (Å²) >= 11 is 11.8. The van der Waals surface area contributed by atoms with E-state index in [1.54, 1.807) is 54.6 Å². The Bertz CT molecular complexity index is 1200. The number of anilines is 1. The molecule has 2 N–H and O–H groups in total. The Kier molecular flexibility index (Phi) is 8.01. The Morgan fingerprint density at radius 1 is 0.879 bits per heavy atom. The second kappa shape index (κ2) is 11.1. The number of carbonyl (C=O) groups is 3. The van der Waals surface area contributed by atoms with Crippen LogP contribution in [0.1, 0.15) is 15.9 Å². The van der Waals surface area contributed by atoms with Crippen LogP contribution in [0.4, 0.5) is 5.69 Å². The molecule has 0 saturated carbocycles. The predicted molar refractivity (Wildman–Crippen MR) is 125 cm³/mol. The number of hydrazone groups is 1. The van der Waals surface area contributed by atoms with Crippen molar-refractivity contribution in [2.75, 3.05) is 12.4 Å². The molecule has 0 heterocycles. The smallest absolute Gasteiger partial charge is 0.343 e. The van der Waals surface area contributed by atoms with E-state index in [0.717, 1.165) is 0 Å². The van der Waals surface area contributed by atoms with Crippen molar-refractivity contribution < 1.29 is 23.9 Å². The van der Waals surface area contributed by atoms with Gasteiger partial charge in [-0.1, -0.05) is 23.2 Å². The van der Waals surface area contributed by atoms with Crippen molar-refractivity contribution in [3.8, 4) is 11.5 Å². The van der Waals surface area contributed by atoms with Crippen LogP contribution in [0.25, 0.3) is 0 Å². The number of nitrogens with one attached hydrogen (secondary N) is 2. The van der Waals surface area contributed by atoms with Crippen LogP contribution in [0.3, 0.4) is 0 Å². The van der Waals surface area contributed by atoms with Gasteiger partial charge >= 0.3 is 17.8 Å². The number of esters is 1. The number of amides is 2. The summed E-state index contributed by atoms with van der Waals surface area (Å²) < 4.78 is 10.4. The zero-order valence-corrected chi connectivity index (χ0v) is 18.7. The molecule has 3 rings (SSSR count). The first-order chi connectivity index (χ1) is 15.9. The fraction of sp³-hybridized carbons (Fsp3) is 0.0435. The maximum absolute atomic E-state index is 12.2. The molecule has 0 fully saturated rings. The zero-order valence-electron chi connectivity index (χ0n) is 17.2. The van der Waals surface area contributed by atoms with Crippen LogP contribution >= 0.6 is 23.2 Å². The number of carbonyl (C=O) groups excluding carboxylic acids is 3. The molecule has 0 radical (unpaired) electrons. The Morgan fingerprint density at radius 3 is 2.21 bits per heavy atom. The lowest BCUT2D eigenvalue weighted by molar-refractivity contribution is -0.136. The molecule has 8 nitrogen and oxygen atoms in total. The fourth-order valence-corrected chi connectivity index (χ4v) is 2.84. The molecule has 0 aliphatic carbocycles. The average Bonchev–Trinajstić information content (AvgIpc) is 2.82. The largest absolute Gasteiger partial charge is 0.497 e. The first-order valence-electron chi connectivity index (χ1n) is 9.41. The van der Waals surface area contributed by atoms with E-state index in [0.29, 0.717) is 27.6 Å². The van der Waals surface area contributed by atoms with Gasteiger partial charge in [-0.25, -0.2) is 10.2 Å². The van der Waals surface area contributed by atoms with Gasteiger partial charge < -0.3 is 14.8 Å². The number of hydrogen-bond acceptors (Lipinski definition) is 6. The Labute approximate surface area is 199 Å². The quantitative estimate of drug-likeness (QED) is 0.178. The standard InChI is InChI=1S/C23H17Cl2N3O5/c1-32-17-9-4-15(5-10-17)23(31)33-18-7-2-14(3-8-18)13-26-28-22(30)21(29)27-20-12-16(24)6-11-19(20)25/h2-13H,1H3,(H,27,29)(H,28,30). The van der Waals surface area contributed by atoms with E-state index in [9.17, 15) is 14.4 Å². The van der Waals surface area contributed by atoms with Gasteiger partial charge in [0.2, 0.25) is 0 Å². The minimum absolute atomic E-state index is 0.202. The molecule has 3 aromatic carbocycles. The van der Waals surface area contributed by atoms with Crippen LogP contribution in [0.5, 0.6) is 11.5 Å². The number of rotatable bonds is 6. The topological polar surface area (TPSA) is 106 Å². The van der Waals surface area contributed by atoms with Gasteiger partial charge in [0.1, 0.15) is 11.5 Å². The van der Waals surface area contributed by atoms with Crippen molar-refractivity contribution in [2.24, 2.45) is 5.10 Å². The van der Waals surface area contributed by atoms with E-state index in [1.807, 2.05) is 0 Å². The highest BCUT2D eigenvalue weighted by Crippen LogP contribution is 2.25. The molecule has 0 spiro atoms. The van der Waals surface area contributed by atoms with Crippen LogP contribution in [0.15, 0.2) is 71.8 Å². The number of halogens is 2. The van der Waals surface area contributed by atoms with Gasteiger partial charge in [0.25, 0.3) is 0 Å². The lowest BCUT2D eigenvalue weighted by Crippen LogP contribution is -2.32. The third-order valence-electron chi connectivity index (χ3n) is 4.18. The van der Waals surface area contributed by atoms with Crippen LogP contribution in [0.2, 0.25) is 10.0 Å². The van der Waals surface area contributed by atoms with Gasteiger partial charge in [-0.3, -0.25) is 9.59 Å². The lowest BCUT2D eigenvalue weighted by Gasteiger charge is -2.06. The van der Waals surface area contributed by atoms with Crippen LogP contribution in [-0.4, -0.2) is 31.1 Å². The summed E-state index contributed by atoms with van der Waals surface area (Å²) in [5.74, 6) is -1.51. The van der Waals surface area contributed by atoms with E-state index in [-0.39, 0.29) is 10.7 Å². The first kappa shape index (κ1) is 23.8. The minimum atomic E-state index is -0.993. The van der Waals surface area contributed by atoms with Crippen molar-refractivity contribution >= 4 is 52.9 Å². The van der Waals surface area contributed by atoms with Crippen molar-refractivity contribution in [2.45, 2.75) is 0 Å². The second-order valence-electron chi connectivity index (χ2n) is 6.46. The molecule has 168 valence electrons. The van der Waals surface area contributed by atoms with E-state index < -0.39 is 17.8 Å². The van der Waals surface area contributed by atoms with Gasteiger partial charge in [0.05, 0.1) is 29.6 Å². The Balaban J connectivity index is 1.52. The van der Waals surface area contributed by atoms with Crippen LogP contribution in [-0.2, 0) is 9.59 Å². The molecular weight excluding hydrogens is 469 g/mol. The SMILES string of the molecule is COc1ccc(C(=O)Oc2ccc(C=NNC(=O)C(=O)Nc3cc(Cl)ccc3Cl)cc2)cc1. The summed E-state index contributed by atoms with van der Waals surface area (Å²) in [6, 6.07) is 17.4. The zero-order chi connectivity index (χ0) is 23.8. The van der Waals surface area contributed by atoms with E-state index >= 15 is 0 Å². The Hall–Kier alpha value is -3.88. The summed E-state index contributed by atoms with van der Waals surface area (Å²) in [4.78, 5) is 36.1. The molecule has 0 bridgehead atoms. The van der Waals surface area contributed by atoms with Crippen LogP contribution < -0.4 is 20.2 Å². The molecule has 0 aliphatic rings. The summed E-state index contributed by atoms with van der Waals surface area (Å²) in [5.41, 5.74) is 3.28. The number of hydrogen-bond donors (Lipinski definition) is 2.